The molecular formula is C25H31F3N8O. The normalized spacial score (nSPS) is 16.6. The Balaban J connectivity index is 1.56. The fraction of sp³-hybridized carbons (Fsp3) is 0.480. The number of anilines is 2. The highest BCUT2D eigenvalue weighted by atomic mass is 19.4. The van der Waals surface area contributed by atoms with E-state index in [9.17, 15) is 18.0 Å². The van der Waals surface area contributed by atoms with Gasteiger partial charge in [-0.1, -0.05) is 12.0 Å². The van der Waals surface area contributed by atoms with E-state index in [1.807, 2.05) is 27.8 Å². The molecule has 3 aromatic rings. The number of pyridine rings is 1. The number of hydrogen-bond donors (Lipinski definition) is 3. The lowest BCUT2D eigenvalue weighted by Crippen LogP contribution is -2.27. The molecule has 0 bridgehead atoms. The summed E-state index contributed by atoms with van der Waals surface area (Å²) in [6.07, 6.45) is -3.29. The number of carbonyl (C=O) groups is 1. The first-order valence-corrected chi connectivity index (χ1v) is 12.0. The van der Waals surface area contributed by atoms with Crippen LogP contribution in [0.5, 0.6) is 0 Å². The Bertz CT molecular complexity index is 1360. The molecule has 1 aliphatic rings. The lowest BCUT2D eigenvalue weighted by molar-refractivity contribution is -0.127. The number of alkyl halides is 3. The molecule has 0 radical (unpaired) electrons. The first kappa shape index (κ1) is 26.3. The highest BCUT2D eigenvalue weighted by Gasteiger charge is 2.32. The summed E-state index contributed by atoms with van der Waals surface area (Å²) in [5.41, 5.74) is 6.22. The van der Waals surface area contributed by atoms with Crippen molar-refractivity contribution in [2.45, 2.75) is 51.4 Å². The van der Waals surface area contributed by atoms with Gasteiger partial charge in [0.15, 0.2) is 0 Å². The minimum absolute atomic E-state index is 0.00536. The van der Waals surface area contributed by atoms with Crippen LogP contribution in [0.2, 0.25) is 0 Å². The van der Waals surface area contributed by atoms with Gasteiger partial charge in [-0.3, -0.25) is 4.79 Å². The maximum atomic E-state index is 13.4. The van der Waals surface area contributed by atoms with E-state index in [1.165, 1.54) is 10.7 Å². The van der Waals surface area contributed by atoms with Gasteiger partial charge in [0.1, 0.15) is 22.9 Å². The van der Waals surface area contributed by atoms with Crippen molar-refractivity contribution in [3.63, 3.8) is 0 Å². The molecule has 1 fully saturated rings. The molecule has 0 aliphatic carbocycles. The summed E-state index contributed by atoms with van der Waals surface area (Å²) >= 11 is 0. The lowest BCUT2D eigenvalue weighted by atomic mass is 10.1. The van der Waals surface area contributed by atoms with Crippen LogP contribution in [0, 0.1) is 11.8 Å². The fourth-order valence-electron chi connectivity index (χ4n) is 4.38. The van der Waals surface area contributed by atoms with Crippen molar-refractivity contribution < 1.29 is 18.0 Å². The summed E-state index contributed by atoms with van der Waals surface area (Å²) in [4.78, 5) is 14.7. The molecule has 0 saturated carbocycles. The largest absolute Gasteiger partial charge is 0.393 e. The Morgan fingerprint density at radius 1 is 1.27 bits per heavy atom. The average molecular weight is 517 g/mol. The molecule has 4 heterocycles. The molecule has 4 rings (SSSR count). The van der Waals surface area contributed by atoms with Crippen molar-refractivity contribution in [1.29, 1.82) is 0 Å². The molecule has 1 unspecified atom stereocenters. The van der Waals surface area contributed by atoms with E-state index in [4.69, 9.17) is 5.73 Å². The molecule has 1 atom stereocenters. The summed E-state index contributed by atoms with van der Waals surface area (Å²) < 4.78 is 43.3. The third kappa shape index (κ3) is 5.99. The Kier molecular flexibility index (Phi) is 7.10. The van der Waals surface area contributed by atoms with E-state index in [1.54, 1.807) is 22.9 Å². The van der Waals surface area contributed by atoms with Gasteiger partial charge < -0.3 is 21.3 Å². The highest BCUT2D eigenvalue weighted by Crippen LogP contribution is 2.28. The SMILES string of the molecule is CN1CCC(Nc2cccc3c(CC(F)(F)F)c(C#CCNC(=O)c4cnn(C(C)(C)C)c4N)nn23)C1. The van der Waals surface area contributed by atoms with Crippen LogP contribution in [-0.2, 0) is 12.0 Å². The van der Waals surface area contributed by atoms with Crippen LogP contribution in [0.15, 0.2) is 24.4 Å². The summed E-state index contributed by atoms with van der Waals surface area (Å²) in [6, 6.07) is 5.26. The second kappa shape index (κ2) is 9.97. The molecule has 9 nitrogen and oxygen atoms in total. The third-order valence-corrected chi connectivity index (χ3v) is 6.11. The zero-order valence-electron chi connectivity index (χ0n) is 21.3. The number of likely N-dealkylation sites (N-methyl/N-ethyl adjacent to an activating group) is 1. The van der Waals surface area contributed by atoms with E-state index in [-0.39, 0.29) is 35.2 Å². The van der Waals surface area contributed by atoms with Gasteiger partial charge in [-0.25, -0.2) is 9.20 Å². The first-order valence-electron chi connectivity index (χ1n) is 12.0. The smallest absolute Gasteiger partial charge is 0.383 e. The molecule has 3 aromatic heterocycles. The van der Waals surface area contributed by atoms with Gasteiger partial charge in [0.05, 0.1) is 30.2 Å². The minimum Gasteiger partial charge on any atom is -0.383 e. The maximum absolute atomic E-state index is 13.4. The quantitative estimate of drug-likeness (QED) is 0.451. The molecule has 37 heavy (non-hydrogen) atoms. The predicted molar refractivity (Wildman–Crippen MR) is 135 cm³/mol. The number of nitrogens with one attached hydrogen (secondary N) is 2. The van der Waals surface area contributed by atoms with E-state index in [2.05, 4.69) is 37.6 Å². The number of hydrogen-bond acceptors (Lipinski definition) is 6. The van der Waals surface area contributed by atoms with Gasteiger partial charge in [-0.15, -0.1) is 0 Å². The van der Waals surface area contributed by atoms with Crippen molar-refractivity contribution in [3.8, 4) is 11.8 Å². The van der Waals surface area contributed by atoms with Gasteiger partial charge in [-0.2, -0.15) is 23.4 Å². The molecule has 0 spiro atoms. The van der Waals surface area contributed by atoms with Gasteiger partial charge in [-0.05, 0) is 58.8 Å². The number of carbonyl (C=O) groups excluding carboxylic acids is 1. The number of likely N-dealkylation sites (tertiary alicyclic amines) is 1. The van der Waals surface area contributed by atoms with Crippen LogP contribution in [0.1, 0.15) is 48.8 Å². The van der Waals surface area contributed by atoms with E-state index in [0.29, 0.717) is 11.3 Å². The number of fused-ring (bicyclic) bond motifs is 1. The molecule has 0 aromatic carbocycles. The third-order valence-electron chi connectivity index (χ3n) is 6.11. The Hall–Kier alpha value is -3.72. The first-order chi connectivity index (χ1) is 17.3. The topological polar surface area (TPSA) is 106 Å². The van der Waals surface area contributed by atoms with Crippen molar-refractivity contribution in [1.82, 2.24) is 29.6 Å². The van der Waals surface area contributed by atoms with E-state index < -0.39 is 24.0 Å². The van der Waals surface area contributed by atoms with Crippen molar-refractivity contribution in [3.05, 3.63) is 41.2 Å². The van der Waals surface area contributed by atoms with Gasteiger partial charge in [0.2, 0.25) is 0 Å². The second-order valence-corrected chi connectivity index (χ2v) is 10.2. The number of aromatic nitrogens is 4. The van der Waals surface area contributed by atoms with E-state index in [0.717, 1.165) is 19.5 Å². The standard InChI is InChI=1S/C25H31F3N8O/c1-24(2,3)36-22(29)18(14-31-36)23(37)30-11-6-7-19-17(13-25(26,27)28)20-8-5-9-21(35(20)33-19)32-16-10-12-34(4)15-16/h5,8-9,14,16,32H,10-13,15,29H2,1-4H3,(H,30,37). The van der Waals surface area contributed by atoms with E-state index >= 15 is 0 Å². The summed E-state index contributed by atoms with van der Waals surface area (Å²) in [5.74, 6) is 5.80. The molecule has 1 aliphatic heterocycles. The lowest BCUT2D eigenvalue weighted by Gasteiger charge is -2.20. The second-order valence-electron chi connectivity index (χ2n) is 10.2. The number of nitrogen functional groups attached to an aromatic ring is 1. The van der Waals surface area contributed by atoms with Crippen LogP contribution in [-0.4, -0.2) is 69.1 Å². The molecule has 4 N–H and O–H groups in total. The van der Waals surface area contributed by atoms with Gasteiger partial charge in [0, 0.05) is 18.2 Å². The van der Waals surface area contributed by atoms with Crippen LogP contribution in [0.3, 0.4) is 0 Å². The predicted octanol–water partition coefficient (Wildman–Crippen LogP) is 2.87. The number of nitrogens with zero attached hydrogens (tertiary/aromatic N) is 5. The molecule has 198 valence electrons. The summed E-state index contributed by atoms with van der Waals surface area (Å²) in [5, 5.41) is 14.6. The summed E-state index contributed by atoms with van der Waals surface area (Å²) in [7, 11) is 2.02. The maximum Gasteiger partial charge on any atom is 0.393 e. The van der Waals surface area contributed by atoms with Crippen molar-refractivity contribution >= 4 is 23.1 Å². The molecule has 1 saturated heterocycles. The monoisotopic (exact) mass is 516 g/mol. The number of amides is 1. The van der Waals surface area contributed by atoms with Crippen LogP contribution >= 0.6 is 0 Å². The minimum atomic E-state index is -4.43. The van der Waals surface area contributed by atoms with Crippen molar-refractivity contribution in [2.24, 2.45) is 0 Å². The van der Waals surface area contributed by atoms with Crippen LogP contribution < -0.4 is 16.4 Å². The Morgan fingerprint density at radius 3 is 2.65 bits per heavy atom. The van der Waals surface area contributed by atoms with Gasteiger partial charge in [0.25, 0.3) is 5.91 Å². The Labute approximate surface area is 213 Å². The van der Waals surface area contributed by atoms with Crippen molar-refractivity contribution in [2.75, 3.05) is 37.7 Å². The summed E-state index contributed by atoms with van der Waals surface area (Å²) in [6.45, 7) is 7.39. The average Bonchev–Trinajstić information content (AvgIpc) is 3.48. The van der Waals surface area contributed by atoms with Crippen LogP contribution in [0.4, 0.5) is 24.8 Å². The highest BCUT2D eigenvalue weighted by molar-refractivity contribution is 5.98. The zero-order valence-corrected chi connectivity index (χ0v) is 21.3. The molecule has 1 amide bonds. The number of halogens is 3. The fourth-order valence-corrected chi connectivity index (χ4v) is 4.38. The zero-order chi connectivity index (χ0) is 27.0. The Morgan fingerprint density at radius 2 is 2.03 bits per heavy atom. The van der Waals surface area contributed by atoms with Gasteiger partial charge >= 0.3 is 6.18 Å². The number of nitrogens with two attached hydrogens (primary N) is 1. The van der Waals surface area contributed by atoms with Crippen LogP contribution in [0.25, 0.3) is 5.52 Å². The number of rotatable bonds is 5. The molecular weight excluding hydrogens is 485 g/mol. The molecule has 12 heteroatoms.